The minimum absolute atomic E-state index is 0.357. The van der Waals surface area contributed by atoms with E-state index in [0.29, 0.717) is 12.5 Å². The van der Waals surface area contributed by atoms with E-state index in [4.69, 9.17) is 9.47 Å². The lowest BCUT2D eigenvalue weighted by Gasteiger charge is -2.36. The van der Waals surface area contributed by atoms with Gasteiger partial charge in [0.25, 0.3) is 0 Å². The molecule has 4 rings (SSSR count). The maximum atomic E-state index is 5.89. The Balaban J connectivity index is 1.34. The van der Waals surface area contributed by atoms with Crippen LogP contribution in [0.15, 0.2) is 36.7 Å². The zero-order valence-electron chi connectivity index (χ0n) is 17.3. The van der Waals surface area contributed by atoms with E-state index in [9.17, 15) is 0 Å². The normalized spacial score (nSPS) is 15.2. The summed E-state index contributed by atoms with van der Waals surface area (Å²) >= 11 is 0. The van der Waals surface area contributed by atoms with Gasteiger partial charge in [-0.1, -0.05) is 19.9 Å². The fourth-order valence-electron chi connectivity index (χ4n) is 3.54. The summed E-state index contributed by atoms with van der Waals surface area (Å²) in [6, 6.07) is 9.90. The van der Waals surface area contributed by atoms with Crippen LogP contribution in [0.2, 0.25) is 0 Å². The first-order valence-corrected chi connectivity index (χ1v) is 10.1. The van der Waals surface area contributed by atoms with Crippen LogP contribution in [0.1, 0.15) is 25.5 Å². The van der Waals surface area contributed by atoms with Crippen LogP contribution in [0.5, 0.6) is 11.5 Å². The van der Waals surface area contributed by atoms with Crippen molar-refractivity contribution in [2.45, 2.75) is 19.8 Å². The molecule has 1 aliphatic heterocycles. The van der Waals surface area contributed by atoms with Crippen LogP contribution in [-0.4, -0.2) is 71.2 Å². The number of hydrogen-bond donors (Lipinski definition) is 0. The molecule has 0 spiro atoms. The van der Waals surface area contributed by atoms with E-state index < -0.39 is 0 Å². The predicted molar refractivity (Wildman–Crippen MR) is 112 cm³/mol. The number of hydrogen-bond acceptors (Lipinski definition) is 7. The molecule has 1 aromatic carbocycles. The third kappa shape index (κ3) is 4.42. The standard InChI is InChI=1S/C21H28N6O2/c1-16(2)19-14-20(21-23-22-15-27(21)24-19)26-9-7-25(8-10-26)11-12-29-18-6-4-5-17(13-18)28-3/h4-6,13-16H,7-12H2,1-3H3. The molecule has 1 aliphatic rings. The lowest BCUT2D eigenvalue weighted by atomic mass is 10.1. The van der Waals surface area contributed by atoms with Gasteiger partial charge in [-0.25, -0.2) is 0 Å². The molecule has 0 unspecified atom stereocenters. The van der Waals surface area contributed by atoms with Gasteiger partial charge in [0.15, 0.2) is 0 Å². The SMILES string of the molecule is COc1cccc(OCCN2CCN(c3cc(C(C)C)nn4cnnc34)CC2)c1. The van der Waals surface area contributed by atoms with E-state index in [1.165, 1.54) is 0 Å². The molecule has 0 radical (unpaired) electrons. The molecule has 0 amide bonds. The Morgan fingerprint density at radius 1 is 1.07 bits per heavy atom. The van der Waals surface area contributed by atoms with E-state index in [1.54, 1.807) is 18.0 Å². The summed E-state index contributed by atoms with van der Waals surface area (Å²) in [4.78, 5) is 4.82. The van der Waals surface area contributed by atoms with Gasteiger partial charge in [0.05, 0.1) is 18.5 Å². The quantitative estimate of drug-likeness (QED) is 0.608. The van der Waals surface area contributed by atoms with Crippen LogP contribution in [-0.2, 0) is 0 Å². The fourth-order valence-corrected chi connectivity index (χ4v) is 3.54. The highest BCUT2D eigenvalue weighted by Crippen LogP contribution is 2.25. The summed E-state index contributed by atoms with van der Waals surface area (Å²) in [5.41, 5.74) is 3.00. The number of methoxy groups -OCH3 is 1. The number of aromatic nitrogens is 4. The highest BCUT2D eigenvalue weighted by molar-refractivity contribution is 5.68. The molecule has 154 valence electrons. The third-order valence-electron chi connectivity index (χ3n) is 5.29. The summed E-state index contributed by atoms with van der Waals surface area (Å²) in [5, 5.41) is 12.9. The lowest BCUT2D eigenvalue weighted by molar-refractivity contribution is 0.200. The van der Waals surface area contributed by atoms with Crippen molar-refractivity contribution in [1.29, 1.82) is 0 Å². The molecule has 3 heterocycles. The van der Waals surface area contributed by atoms with Crippen molar-refractivity contribution in [3.05, 3.63) is 42.4 Å². The second-order valence-corrected chi connectivity index (χ2v) is 7.56. The second kappa shape index (κ2) is 8.65. The topological polar surface area (TPSA) is 68.0 Å². The molecule has 8 nitrogen and oxygen atoms in total. The van der Waals surface area contributed by atoms with Crippen molar-refractivity contribution in [1.82, 2.24) is 24.7 Å². The zero-order valence-corrected chi connectivity index (χ0v) is 17.3. The molecule has 8 heteroatoms. The third-order valence-corrected chi connectivity index (χ3v) is 5.29. The van der Waals surface area contributed by atoms with E-state index in [2.05, 4.69) is 45.0 Å². The number of fused-ring (bicyclic) bond motifs is 1. The molecule has 0 bridgehead atoms. The first-order chi connectivity index (χ1) is 14.1. The minimum atomic E-state index is 0.357. The molecule has 29 heavy (non-hydrogen) atoms. The highest BCUT2D eigenvalue weighted by atomic mass is 16.5. The van der Waals surface area contributed by atoms with Crippen LogP contribution < -0.4 is 14.4 Å². The van der Waals surface area contributed by atoms with Gasteiger partial charge in [0, 0.05) is 38.8 Å². The maximum absolute atomic E-state index is 5.89. The van der Waals surface area contributed by atoms with Gasteiger partial charge in [-0.2, -0.15) is 9.61 Å². The smallest absolute Gasteiger partial charge is 0.200 e. The van der Waals surface area contributed by atoms with Gasteiger partial charge in [-0.05, 0) is 24.1 Å². The van der Waals surface area contributed by atoms with Crippen molar-refractivity contribution >= 4 is 11.3 Å². The molecular formula is C21H28N6O2. The van der Waals surface area contributed by atoms with Gasteiger partial charge in [0.2, 0.25) is 5.65 Å². The van der Waals surface area contributed by atoms with Crippen LogP contribution >= 0.6 is 0 Å². The van der Waals surface area contributed by atoms with Gasteiger partial charge in [0.1, 0.15) is 24.4 Å². The first-order valence-electron chi connectivity index (χ1n) is 10.1. The first kappa shape index (κ1) is 19.4. The number of ether oxygens (including phenoxy) is 2. The van der Waals surface area contributed by atoms with Crippen molar-refractivity contribution in [3.63, 3.8) is 0 Å². The summed E-state index contributed by atoms with van der Waals surface area (Å²) in [5.74, 6) is 2.01. The molecule has 2 aromatic heterocycles. The monoisotopic (exact) mass is 396 g/mol. The molecule has 3 aromatic rings. The Kier molecular flexibility index (Phi) is 5.80. The second-order valence-electron chi connectivity index (χ2n) is 7.56. The summed E-state index contributed by atoms with van der Waals surface area (Å²) in [7, 11) is 1.67. The van der Waals surface area contributed by atoms with Crippen molar-refractivity contribution in [3.8, 4) is 11.5 Å². The number of anilines is 1. The predicted octanol–water partition coefficient (Wildman–Crippen LogP) is 2.46. The molecule has 0 atom stereocenters. The van der Waals surface area contributed by atoms with Crippen LogP contribution in [0.3, 0.4) is 0 Å². The Morgan fingerprint density at radius 2 is 1.86 bits per heavy atom. The maximum Gasteiger partial charge on any atom is 0.200 e. The van der Waals surface area contributed by atoms with E-state index in [1.807, 2.05) is 24.3 Å². The van der Waals surface area contributed by atoms with Gasteiger partial charge in [-0.15, -0.1) is 10.2 Å². The van der Waals surface area contributed by atoms with E-state index in [-0.39, 0.29) is 0 Å². The zero-order chi connectivity index (χ0) is 20.2. The average molecular weight is 396 g/mol. The van der Waals surface area contributed by atoms with Crippen LogP contribution in [0, 0.1) is 0 Å². The Labute approximate surface area is 171 Å². The molecule has 0 saturated carbocycles. The van der Waals surface area contributed by atoms with Crippen molar-refractivity contribution in [2.24, 2.45) is 0 Å². The highest BCUT2D eigenvalue weighted by Gasteiger charge is 2.21. The number of piperazine rings is 1. The van der Waals surface area contributed by atoms with Crippen molar-refractivity contribution < 1.29 is 9.47 Å². The lowest BCUT2D eigenvalue weighted by Crippen LogP contribution is -2.47. The molecule has 0 N–H and O–H groups in total. The number of nitrogens with zero attached hydrogens (tertiary/aromatic N) is 6. The molecule has 1 saturated heterocycles. The van der Waals surface area contributed by atoms with Crippen LogP contribution in [0.4, 0.5) is 5.69 Å². The Bertz CT molecular complexity index is 949. The van der Waals surface area contributed by atoms with Crippen molar-refractivity contribution in [2.75, 3.05) is 51.3 Å². The van der Waals surface area contributed by atoms with E-state index in [0.717, 1.165) is 61.3 Å². The summed E-state index contributed by atoms with van der Waals surface area (Å²) in [6.07, 6.45) is 1.68. The molecule has 1 fully saturated rings. The van der Waals surface area contributed by atoms with Gasteiger partial charge >= 0.3 is 0 Å². The van der Waals surface area contributed by atoms with Gasteiger partial charge in [-0.3, -0.25) is 4.90 Å². The summed E-state index contributed by atoms with van der Waals surface area (Å²) < 4.78 is 12.9. The van der Waals surface area contributed by atoms with E-state index >= 15 is 0 Å². The largest absolute Gasteiger partial charge is 0.497 e. The van der Waals surface area contributed by atoms with Gasteiger partial charge < -0.3 is 14.4 Å². The molecule has 0 aliphatic carbocycles. The Hall–Kier alpha value is -2.87. The fraction of sp³-hybridized carbons (Fsp3) is 0.476. The molecular weight excluding hydrogens is 368 g/mol. The minimum Gasteiger partial charge on any atom is -0.497 e. The Morgan fingerprint density at radius 3 is 2.62 bits per heavy atom. The summed E-state index contributed by atoms with van der Waals surface area (Å²) in [6.45, 7) is 9.74. The number of benzene rings is 1. The average Bonchev–Trinajstić information content (AvgIpc) is 3.22. The van der Waals surface area contributed by atoms with Crippen LogP contribution in [0.25, 0.3) is 5.65 Å². The number of rotatable bonds is 7.